The van der Waals surface area contributed by atoms with Crippen LogP contribution in [0.4, 0.5) is 0 Å². The second kappa shape index (κ2) is 6.76. The van der Waals surface area contributed by atoms with Crippen molar-refractivity contribution in [2.75, 3.05) is 34.2 Å². The van der Waals surface area contributed by atoms with Gasteiger partial charge in [-0.25, -0.2) is 8.42 Å². The summed E-state index contributed by atoms with van der Waals surface area (Å²) in [5.41, 5.74) is 0.483. The maximum atomic E-state index is 12.7. The Hall–Kier alpha value is -1.44. The summed E-state index contributed by atoms with van der Waals surface area (Å²) in [7, 11) is 1.65. The van der Waals surface area contributed by atoms with Crippen molar-refractivity contribution in [2.24, 2.45) is 0 Å². The molecule has 1 heterocycles. The molecule has 0 spiro atoms. The fourth-order valence-corrected chi connectivity index (χ4v) is 4.42. The summed E-state index contributed by atoms with van der Waals surface area (Å²) in [5.74, 6) is -0.141. The first-order valence-electron chi connectivity index (χ1n) is 7.36. The van der Waals surface area contributed by atoms with Crippen molar-refractivity contribution in [3.63, 3.8) is 0 Å². The van der Waals surface area contributed by atoms with E-state index in [-0.39, 0.29) is 16.8 Å². The van der Waals surface area contributed by atoms with Gasteiger partial charge in [-0.1, -0.05) is 0 Å². The van der Waals surface area contributed by atoms with Gasteiger partial charge in [0.15, 0.2) is 0 Å². The highest BCUT2D eigenvalue weighted by Gasteiger charge is 2.34. The number of hydrogen-bond acceptors (Lipinski definition) is 4. The molecule has 1 N–H and O–H groups in total. The molecule has 1 fully saturated rings. The van der Waals surface area contributed by atoms with Gasteiger partial charge in [0.1, 0.15) is 0 Å². The van der Waals surface area contributed by atoms with E-state index in [1.807, 2.05) is 7.05 Å². The van der Waals surface area contributed by atoms with Gasteiger partial charge >= 0.3 is 0 Å². The minimum atomic E-state index is -3.50. The van der Waals surface area contributed by atoms with Crippen molar-refractivity contribution in [3.8, 4) is 0 Å². The Morgan fingerprint density at radius 2 is 1.95 bits per heavy atom. The highest BCUT2D eigenvalue weighted by atomic mass is 32.2. The molecule has 1 amide bonds. The summed E-state index contributed by atoms with van der Waals surface area (Å²) in [5, 5.41) is 3.04. The molecule has 0 aromatic heterocycles. The molecule has 1 aromatic carbocycles. The van der Waals surface area contributed by atoms with E-state index >= 15 is 0 Å². The van der Waals surface area contributed by atoms with Crippen LogP contribution in [0.2, 0.25) is 0 Å². The van der Waals surface area contributed by atoms with Crippen LogP contribution in [0, 0.1) is 0 Å². The van der Waals surface area contributed by atoms with Gasteiger partial charge in [-0.3, -0.25) is 4.79 Å². The van der Waals surface area contributed by atoms with Crippen LogP contribution < -0.4 is 5.32 Å². The Morgan fingerprint density at radius 3 is 2.50 bits per heavy atom. The van der Waals surface area contributed by atoms with Crippen LogP contribution >= 0.6 is 0 Å². The lowest BCUT2D eigenvalue weighted by atomic mass is 10.2. The number of amides is 1. The fraction of sp³-hybridized carbons (Fsp3) is 0.533. The summed E-state index contributed by atoms with van der Waals surface area (Å²) < 4.78 is 27.0. The molecule has 2 rings (SSSR count). The second-order valence-corrected chi connectivity index (χ2v) is 7.58. The molecule has 0 radical (unpaired) electrons. The molecule has 0 saturated carbocycles. The minimum absolute atomic E-state index is 0.00177. The van der Waals surface area contributed by atoms with Gasteiger partial charge < -0.3 is 10.2 Å². The quantitative estimate of drug-likeness (QED) is 0.868. The molecule has 1 aromatic rings. The van der Waals surface area contributed by atoms with Crippen molar-refractivity contribution in [2.45, 2.75) is 23.8 Å². The third kappa shape index (κ3) is 3.31. The summed E-state index contributed by atoms with van der Waals surface area (Å²) in [6.07, 6.45) is 1.75. The highest BCUT2D eigenvalue weighted by molar-refractivity contribution is 7.89. The molecule has 1 aliphatic heterocycles. The van der Waals surface area contributed by atoms with Gasteiger partial charge in [0.25, 0.3) is 5.91 Å². The van der Waals surface area contributed by atoms with E-state index in [9.17, 15) is 13.2 Å². The van der Waals surface area contributed by atoms with Crippen molar-refractivity contribution in [1.29, 1.82) is 0 Å². The molecule has 7 heteroatoms. The van der Waals surface area contributed by atoms with Gasteiger partial charge in [0.05, 0.1) is 4.90 Å². The van der Waals surface area contributed by atoms with Crippen molar-refractivity contribution >= 4 is 15.9 Å². The summed E-state index contributed by atoms with van der Waals surface area (Å²) >= 11 is 0. The molecule has 122 valence electrons. The van der Waals surface area contributed by atoms with E-state index in [2.05, 4.69) is 5.32 Å². The Labute approximate surface area is 132 Å². The first-order valence-corrected chi connectivity index (χ1v) is 8.80. The van der Waals surface area contributed by atoms with Crippen LogP contribution in [0.25, 0.3) is 0 Å². The Balaban J connectivity index is 2.24. The Morgan fingerprint density at radius 1 is 1.32 bits per heavy atom. The van der Waals surface area contributed by atoms with Crippen LogP contribution in [0.1, 0.15) is 23.2 Å². The first-order chi connectivity index (χ1) is 10.4. The smallest absolute Gasteiger partial charge is 0.253 e. The van der Waals surface area contributed by atoms with Gasteiger partial charge in [-0.05, 0) is 44.2 Å². The third-order valence-electron chi connectivity index (χ3n) is 3.88. The number of carbonyl (C=O) groups excluding carboxylic acids is 1. The first kappa shape index (κ1) is 16.9. The zero-order valence-corrected chi connectivity index (χ0v) is 14.1. The molecule has 6 nitrogen and oxygen atoms in total. The Bertz CT molecular complexity index is 626. The number of likely N-dealkylation sites (N-methyl/N-ethyl adjacent to an activating group) is 1. The van der Waals surface area contributed by atoms with Crippen LogP contribution in [0.3, 0.4) is 0 Å². The predicted octanol–water partition coefficient (Wildman–Crippen LogP) is 0.761. The molecule has 0 bridgehead atoms. The molecule has 1 aliphatic rings. The molecule has 0 aliphatic carbocycles. The SMILES string of the molecule is CNCC1CCCN1S(=O)(=O)c1ccc(C(=O)N(C)C)cc1. The lowest BCUT2D eigenvalue weighted by Gasteiger charge is -2.24. The third-order valence-corrected chi connectivity index (χ3v) is 5.84. The van der Waals surface area contributed by atoms with Gasteiger partial charge in [0.2, 0.25) is 10.0 Å². The fourth-order valence-electron chi connectivity index (χ4n) is 2.73. The number of rotatable bonds is 5. The zero-order valence-electron chi connectivity index (χ0n) is 13.2. The van der Waals surface area contributed by atoms with E-state index in [4.69, 9.17) is 0 Å². The number of carbonyl (C=O) groups is 1. The van der Waals surface area contributed by atoms with Crippen LogP contribution in [0.15, 0.2) is 29.2 Å². The summed E-state index contributed by atoms with van der Waals surface area (Å²) in [6.45, 7) is 1.20. The number of nitrogens with zero attached hydrogens (tertiary/aromatic N) is 2. The number of hydrogen-bond donors (Lipinski definition) is 1. The number of sulfonamides is 1. The van der Waals surface area contributed by atoms with E-state index in [1.54, 1.807) is 30.5 Å². The largest absolute Gasteiger partial charge is 0.345 e. The lowest BCUT2D eigenvalue weighted by molar-refractivity contribution is 0.0827. The van der Waals surface area contributed by atoms with Crippen LogP contribution in [0.5, 0.6) is 0 Å². The average Bonchev–Trinajstić information content (AvgIpc) is 2.96. The van der Waals surface area contributed by atoms with E-state index in [0.29, 0.717) is 18.7 Å². The van der Waals surface area contributed by atoms with E-state index < -0.39 is 10.0 Å². The number of nitrogens with one attached hydrogen (secondary N) is 1. The van der Waals surface area contributed by atoms with Gasteiger partial charge in [0, 0.05) is 38.8 Å². The predicted molar refractivity (Wildman–Crippen MR) is 85.3 cm³/mol. The summed E-state index contributed by atoms with van der Waals surface area (Å²) in [4.78, 5) is 13.6. The monoisotopic (exact) mass is 325 g/mol. The van der Waals surface area contributed by atoms with Crippen LogP contribution in [-0.4, -0.2) is 63.8 Å². The van der Waals surface area contributed by atoms with E-state index in [0.717, 1.165) is 12.8 Å². The number of benzene rings is 1. The van der Waals surface area contributed by atoms with E-state index in [1.165, 1.54) is 17.0 Å². The zero-order chi connectivity index (χ0) is 16.3. The van der Waals surface area contributed by atoms with Crippen molar-refractivity contribution < 1.29 is 13.2 Å². The standard InChI is InChI=1S/C15H23N3O3S/c1-16-11-13-5-4-10-18(13)22(20,21)14-8-6-12(7-9-14)15(19)17(2)3/h6-9,13,16H,4-5,10-11H2,1-3H3. The van der Waals surface area contributed by atoms with Gasteiger partial charge in [-0.15, -0.1) is 0 Å². The Kier molecular flexibility index (Phi) is 5.20. The maximum absolute atomic E-state index is 12.7. The lowest BCUT2D eigenvalue weighted by Crippen LogP contribution is -2.40. The highest BCUT2D eigenvalue weighted by Crippen LogP contribution is 2.26. The van der Waals surface area contributed by atoms with Crippen LogP contribution in [-0.2, 0) is 10.0 Å². The second-order valence-electron chi connectivity index (χ2n) is 5.69. The maximum Gasteiger partial charge on any atom is 0.253 e. The molecule has 22 heavy (non-hydrogen) atoms. The topological polar surface area (TPSA) is 69.7 Å². The molecule has 1 unspecified atom stereocenters. The molecule has 1 atom stereocenters. The van der Waals surface area contributed by atoms with Crippen molar-refractivity contribution in [3.05, 3.63) is 29.8 Å². The summed E-state index contributed by atoms with van der Waals surface area (Å²) in [6, 6.07) is 6.16. The van der Waals surface area contributed by atoms with Gasteiger partial charge in [-0.2, -0.15) is 4.31 Å². The normalized spacial score (nSPS) is 19.3. The molecular weight excluding hydrogens is 302 g/mol. The molecule has 1 saturated heterocycles. The minimum Gasteiger partial charge on any atom is -0.345 e. The average molecular weight is 325 g/mol. The molecular formula is C15H23N3O3S. The van der Waals surface area contributed by atoms with Crippen molar-refractivity contribution in [1.82, 2.24) is 14.5 Å².